The molecule has 0 amide bonds. The van der Waals surface area contributed by atoms with Crippen molar-refractivity contribution < 1.29 is 14.6 Å². The largest absolute Gasteiger partial charge is 0.496 e. The van der Waals surface area contributed by atoms with Crippen LogP contribution >= 0.6 is 0 Å². The number of nitro groups is 2. The molecule has 0 radical (unpaired) electrons. The van der Waals surface area contributed by atoms with Crippen LogP contribution in [0.15, 0.2) is 41.5 Å². The van der Waals surface area contributed by atoms with Crippen molar-refractivity contribution in [1.29, 1.82) is 0 Å². The molecule has 30 heavy (non-hydrogen) atoms. The highest BCUT2D eigenvalue weighted by Gasteiger charge is 2.19. The van der Waals surface area contributed by atoms with Crippen molar-refractivity contribution in [2.24, 2.45) is 5.10 Å². The summed E-state index contributed by atoms with van der Waals surface area (Å²) in [6.07, 6.45) is 2.39. The van der Waals surface area contributed by atoms with Crippen LogP contribution < -0.4 is 10.2 Å². The number of benzene rings is 2. The minimum absolute atomic E-state index is 0.0794. The Morgan fingerprint density at radius 3 is 2.50 bits per heavy atom. The van der Waals surface area contributed by atoms with Gasteiger partial charge in [-0.15, -0.1) is 0 Å². The molecule has 0 atom stereocenters. The first kappa shape index (κ1) is 21.2. The van der Waals surface area contributed by atoms with Gasteiger partial charge in [0.15, 0.2) is 0 Å². The van der Waals surface area contributed by atoms with Crippen molar-refractivity contribution in [2.75, 3.05) is 25.6 Å². The normalized spacial score (nSPS) is 14.5. The Labute approximate surface area is 173 Å². The van der Waals surface area contributed by atoms with Crippen molar-refractivity contribution in [1.82, 2.24) is 4.90 Å². The number of methoxy groups -OCH3 is 1. The molecule has 2 aromatic carbocycles. The summed E-state index contributed by atoms with van der Waals surface area (Å²) >= 11 is 0. The van der Waals surface area contributed by atoms with Gasteiger partial charge >= 0.3 is 5.69 Å². The third-order valence-electron chi connectivity index (χ3n) is 5.02. The topological polar surface area (TPSA) is 123 Å². The lowest BCUT2D eigenvalue weighted by atomic mass is 10.1. The Morgan fingerprint density at radius 1 is 1.13 bits per heavy atom. The molecule has 1 aliphatic heterocycles. The minimum atomic E-state index is -0.679. The first-order valence-electron chi connectivity index (χ1n) is 9.52. The van der Waals surface area contributed by atoms with E-state index >= 15 is 0 Å². The Morgan fingerprint density at radius 2 is 1.87 bits per heavy atom. The highest BCUT2D eigenvalue weighted by atomic mass is 16.6. The van der Waals surface area contributed by atoms with Gasteiger partial charge in [0, 0.05) is 18.2 Å². The molecular weight excluding hydrogens is 390 g/mol. The SMILES string of the molecule is COc1ccc(/C(C)=N\Nc2ccc([N+](=O)[O-])cc2[N+](=O)[O-])cc1CN1CCCC1. The fraction of sp³-hybridized carbons (Fsp3) is 0.350. The molecule has 1 saturated heterocycles. The molecule has 158 valence electrons. The molecule has 0 unspecified atom stereocenters. The van der Waals surface area contributed by atoms with Crippen LogP contribution in [0.1, 0.15) is 30.9 Å². The predicted octanol–water partition coefficient (Wildman–Crippen LogP) is 3.94. The van der Waals surface area contributed by atoms with Gasteiger partial charge in [0.05, 0.1) is 28.7 Å². The molecule has 0 aliphatic carbocycles. The molecule has 0 saturated carbocycles. The maximum absolute atomic E-state index is 11.3. The first-order chi connectivity index (χ1) is 14.4. The van der Waals surface area contributed by atoms with Gasteiger partial charge in [-0.1, -0.05) is 0 Å². The van der Waals surface area contributed by atoms with Crippen molar-refractivity contribution >= 4 is 22.8 Å². The zero-order valence-electron chi connectivity index (χ0n) is 16.8. The van der Waals surface area contributed by atoms with E-state index in [1.807, 2.05) is 18.2 Å². The van der Waals surface area contributed by atoms with Gasteiger partial charge in [0.25, 0.3) is 5.69 Å². The first-order valence-corrected chi connectivity index (χ1v) is 9.52. The quantitative estimate of drug-likeness (QED) is 0.395. The van der Waals surface area contributed by atoms with Crippen LogP contribution in [0.3, 0.4) is 0 Å². The van der Waals surface area contributed by atoms with Crippen molar-refractivity contribution in [3.8, 4) is 5.75 Å². The van der Waals surface area contributed by atoms with Crippen molar-refractivity contribution in [3.63, 3.8) is 0 Å². The van der Waals surface area contributed by atoms with E-state index in [1.54, 1.807) is 14.0 Å². The average molecular weight is 413 g/mol. The van der Waals surface area contributed by atoms with Crippen LogP contribution in [0.4, 0.5) is 17.1 Å². The van der Waals surface area contributed by atoms with E-state index in [2.05, 4.69) is 15.4 Å². The summed E-state index contributed by atoms with van der Waals surface area (Å²) in [5.74, 6) is 0.803. The lowest BCUT2D eigenvalue weighted by Crippen LogP contribution is -2.19. The number of anilines is 1. The zero-order valence-corrected chi connectivity index (χ0v) is 16.8. The van der Waals surface area contributed by atoms with E-state index in [1.165, 1.54) is 25.0 Å². The lowest BCUT2D eigenvalue weighted by Gasteiger charge is -2.18. The summed E-state index contributed by atoms with van der Waals surface area (Å²) in [7, 11) is 1.64. The van der Waals surface area contributed by atoms with Gasteiger partial charge < -0.3 is 4.74 Å². The Hall–Kier alpha value is -3.53. The van der Waals surface area contributed by atoms with E-state index in [-0.39, 0.29) is 11.4 Å². The summed E-state index contributed by atoms with van der Waals surface area (Å²) in [5, 5.41) is 26.4. The van der Waals surface area contributed by atoms with Crippen LogP contribution in [0.2, 0.25) is 0 Å². The Bertz CT molecular complexity index is 986. The fourth-order valence-corrected chi connectivity index (χ4v) is 3.40. The Kier molecular flexibility index (Phi) is 6.58. The maximum atomic E-state index is 11.3. The molecule has 3 rings (SSSR count). The second-order valence-electron chi connectivity index (χ2n) is 7.03. The van der Waals surface area contributed by atoms with Crippen LogP contribution in [0.5, 0.6) is 5.75 Å². The molecule has 2 aromatic rings. The van der Waals surface area contributed by atoms with Gasteiger partial charge in [-0.25, -0.2) is 0 Å². The maximum Gasteiger partial charge on any atom is 0.301 e. The number of hydrogen-bond donors (Lipinski definition) is 1. The number of rotatable bonds is 8. The minimum Gasteiger partial charge on any atom is -0.496 e. The second-order valence-corrected chi connectivity index (χ2v) is 7.03. The molecule has 0 bridgehead atoms. The molecule has 1 fully saturated rings. The number of non-ortho nitro benzene ring substituents is 1. The molecule has 1 aliphatic rings. The number of ether oxygens (including phenoxy) is 1. The molecule has 10 heteroatoms. The predicted molar refractivity (Wildman–Crippen MR) is 113 cm³/mol. The summed E-state index contributed by atoms with van der Waals surface area (Å²) in [5.41, 5.74) is 4.49. The molecule has 0 aromatic heterocycles. The number of hydrazone groups is 1. The highest BCUT2D eigenvalue weighted by Crippen LogP contribution is 2.29. The number of nitro benzene ring substituents is 2. The lowest BCUT2D eigenvalue weighted by molar-refractivity contribution is -0.393. The Balaban J connectivity index is 1.83. The average Bonchev–Trinajstić information content (AvgIpc) is 3.24. The number of likely N-dealkylation sites (tertiary alicyclic amines) is 1. The second kappa shape index (κ2) is 9.31. The summed E-state index contributed by atoms with van der Waals surface area (Å²) < 4.78 is 5.48. The summed E-state index contributed by atoms with van der Waals surface area (Å²) in [6.45, 7) is 4.69. The molecular formula is C20H23N5O5. The van der Waals surface area contributed by atoms with Gasteiger partial charge in [0.2, 0.25) is 0 Å². The van der Waals surface area contributed by atoms with Gasteiger partial charge in [-0.2, -0.15) is 5.10 Å². The smallest absolute Gasteiger partial charge is 0.301 e. The third-order valence-corrected chi connectivity index (χ3v) is 5.02. The van der Waals surface area contributed by atoms with E-state index in [9.17, 15) is 20.2 Å². The highest BCUT2D eigenvalue weighted by molar-refractivity contribution is 5.99. The molecule has 1 N–H and O–H groups in total. The monoisotopic (exact) mass is 413 g/mol. The van der Waals surface area contributed by atoms with Gasteiger partial charge in [0.1, 0.15) is 11.4 Å². The summed E-state index contributed by atoms with van der Waals surface area (Å²) in [4.78, 5) is 23.1. The fourth-order valence-electron chi connectivity index (χ4n) is 3.40. The number of nitrogens with one attached hydrogen (secondary N) is 1. The van der Waals surface area contributed by atoms with Crippen LogP contribution in [0.25, 0.3) is 0 Å². The standard InChI is InChI=1S/C20H23N5O5/c1-14(21-22-18-7-6-17(24(26)27)12-19(18)25(28)29)15-5-8-20(30-2)16(11-15)13-23-9-3-4-10-23/h5-8,11-12,22H,3-4,9-10,13H2,1-2H3/b21-14-. The van der Waals surface area contributed by atoms with Crippen LogP contribution in [0, 0.1) is 20.2 Å². The van der Waals surface area contributed by atoms with Crippen LogP contribution in [-0.4, -0.2) is 40.7 Å². The number of nitrogens with zero attached hydrogens (tertiary/aromatic N) is 4. The van der Waals surface area contributed by atoms with Crippen molar-refractivity contribution in [2.45, 2.75) is 26.3 Å². The van der Waals surface area contributed by atoms with E-state index in [0.29, 0.717) is 5.71 Å². The molecule has 10 nitrogen and oxygen atoms in total. The number of hydrogen-bond acceptors (Lipinski definition) is 8. The van der Waals surface area contributed by atoms with E-state index in [0.717, 1.165) is 42.6 Å². The van der Waals surface area contributed by atoms with Crippen molar-refractivity contribution in [3.05, 3.63) is 67.8 Å². The molecule has 0 spiro atoms. The summed E-state index contributed by atoms with van der Waals surface area (Å²) in [6, 6.07) is 9.14. The van der Waals surface area contributed by atoms with E-state index in [4.69, 9.17) is 4.74 Å². The van der Waals surface area contributed by atoms with E-state index < -0.39 is 15.5 Å². The zero-order chi connectivity index (χ0) is 21.7. The third kappa shape index (κ3) is 4.90. The molecule has 1 heterocycles. The van der Waals surface area contributed by atoms with Gasteiger partial charge in [-0.3, -0.25) is 30.6 Å². The van der Waals surface area contributed by atoms with Crippen LogP contribution in [-0.2, 0) is 6.54 Å². The van der Waals surface area contributed by atoms with Gasteiger partial charge in [-0.05, 0) is 62.7 Å².